The van der Waals surface area contributed by atoms with E-state index in [4.69, 9.17) is 0 Å². The molecule has 0 amide bonds. The molecule has 0 fully saturated rings. The summed E-state index contributed by atoms with van der Waals surface area (Å²) in [4.78, 5) is 38.4. The lowest BCUT2D eigenvalue weighted by Crippen LogP contribution is -2.43. The predicted molar refractivity (Wildman–Crippen MR) is 173 cm³/mol. The van der Waals surface area contributed by atoms with Crippen LogP contribution in [0, 0.1) is 0 Å². The predicted octanol–water partition coefficient (Wildman–Crippen LogP) is 9.32. The molecule has 0 aliphatic rings. The molecule has 2 aromatic carbocycles. The number of ketones is 2. The fourth-order valence-corrected chi connectivity index (χ4v) is 5.75. The van der Waals surface area contributed by atoms with Crippen LogP contribution >= 0.6 is 0 Å². The van der Waals surface area contributed by atoms with Crippen molar-refractivity contribution in [2.45, 2.75) is 115 Å². The van der Waals surface area contributed by atoms with Crippen LogP contribution < -0.4 is 4.57 Å². The molecule has 0 bridgehead atoms. The maximum absolute atomic E-state index is 13.1. The van der Waals surface area contributed by atoms with Crippen LogP contribution in [-0.4, -0.2) is 22.6 Å². The van der Waals surface area contributed by atoms with Gasteiger partial charge in [0.25, 0.3) is 6.04 Å². The second kappa shape index (κ2) is 19.6. The third-order valence-electron chi connectivity index (χ3n) is 8.38. The monoisotopic (exact) mass is 584 g/mol. The van der Waals surface area contributed by atoms with Gasteiger partial charge < -0.3 is 5.11 Å². The first-order valence-corrected chi connectivity index (χ1v) is 16.4. The van der Waals surface area contributed by atoms with E-state index in [1.807, 2.05) is 48.5 Å². The molecule has 43 heavy (non-hydrogen) atoms. The standard InChI is InChI=1S/C38H49NO4/c1-2-3-4-5-6-7-8-9-10-11-12-19-24-35(38(42)43)39-27-25-31(26-28-39)34(29-36(40)32-20-15-13-16-21-32)30-37(41)33-22-17-14-18-23-33/h13-18,20-23,25-28,34-35H,2-12,19,24,29-30H2,1H3/p+1/t35-/m0/s1. The molecule has 1 N–H and O–H groups in total. The number of carboxylic acids is 1. The number of pyridine rings is 1. The topological polar surface area (TPSA) is 75.3 Å². The van der Waals surface area contributed by atoms with Crippen LogP contribution in [0.2, 0.25) is 0 Å². The van der Waals surface area contributed by atoms with Gasteiger partial charge in [-0.05, 0) is 17.9 Å². The first-order chi connectivity index (χ1) is 21.0. The smallest absolute Gasteiger partial charge is 0.373 e. The quantitative estimate of drug-likeness (QED) is 0.0725. The summed E-state index contributed by atoms with van der Waals surface area (Å²) < 4.78 is 1.75. The van der Waals surface area contributed by atoms with Crippen molar-refractivity contribution in [2.24, 2.45) is 0 Å². The summed E-state index contributed by atoms with van der Waals surface area (Å²) in [6.45, 7) is 2.25. The lowest BCUT2D eigenvalue weighted by Gasteiger charge is -2.17. The molecule has 3 rings (SSSR count). The Hall–Kier alpha value is -3.60. The van der Waals surface area contributed by atoms with E-state index in [1.54, 1.807) is 41.2 Å². The van der Waals surface area contributed by atoms with Gasteiger partial charge in [0.05, 0.1) is 0 Å². The number of carboxylic acid groups (broad SMARTS) is 1. The van der Waals surface area contributed by atoms with Gasteiger partial charge in [-0.3, -0.25) is 9.59 Å². The van der Waals surface area contributed by atoms with Crippen molar-refractivity contribution in [1.29, 1.82) is 0 Å². The van der Waals surface area contributed by atoms with Gasteiger partial charge in [-0.25, -0.2) is 4.79 Å². The zero-order valence-corrected chi connectivity index (χ0v) is 26.0. The van der Waals surface area contributed by atoms with Crippen LogP contribution in [-0.2, 0) is 4.79 Å². The molecule has 1 aromatic heterocycles. The van der Waals surface area contributed by atoms with E-state index in [0.29, 0.717) is 17.5 Å². The number of nitrogens with zero attached hydrogens (tertiary/aromatic N) is 1. The molecular formula is C38H50NO4+. The number of carbonyl (C=O) groups excluding carboxylic acids is 2. The number of hydrogen-bond acceptors (Lipinski definition) is 3. The Kier molecular flexibility index (Phi) is 15.4. The molecule has 0 unspecified atom stereocenters. The number of unbranched alkanes of at least 4 members (excludes halogenated alkanes) is 11. The summed E-state index contributed by atoms with van der Waals surface area (Å²) >= 11 is 0. The van der Waals surface area contributed by atoms with Gasteiger partial charge >= 0.3 is 5.97 Å². The highest BCUT2D eigenvalue weighted by Crippen LogP contribution is 2.27. The number of hydrogen-bond donors (Lipinski definition) is 1. The number of carbonyl (C=O) groups is 3. The summed E-state index contributed by atoms with van der Waals surface area (Å²) in [5.41, 5.74) is 2.11. The number of aliphatic carboxylic acids is 1. The Balaban J connectivity index is 1.55. The van der Waals surface area contributed by atoms with Crippen molar-refractivity contribution in [3.8, 4) is 0 Å². The van der Waals surface area contributed by atoms with E-state index >= 15 is 0 Å². The second-order valence-corrected chi connectivity index (χ2v) is 11.8. The minimum absolute atomic E-state index is 0.0152. The normalized spacial score (nSPS) is 11.9. The molecule has 1 atom stereocenters. The minimum Gasteiger partial charge on any atom is -0.476 e. The van der Waals surface area contributed by atoms with Gasteiger partial charge in [0.1, 0.15) is 0 Å². The van der Waals surface area contributed by atoms with Gasteiger partial charge in [0.2, 0.25) is 0 Å². The fraction of sp³-hybridized carbons (Fsp3) is 0.474. The van der Waals surface area contributed by atoms with Crippen LogP contribution in [0.4, 0.5) is 0 Å². The van der Waals surface area contributed by atoms with Gasteiger partial charge in [0.15, 0.2) is 24.0 Å². The van der Waals surface area contributed by atoms with Crippen LogP contribution in [0.15, 0.2) is 85.2 Å². The van der Waals surface area contributed by atoms with E-state index in [9.17, 15) is 19.5 Å². The summed E-state index contributed by atoms with van der Waals surface area (Å²) in [7, 11) is 0. The zero-order valence-electron chi connectivity index (χ0n) is 26.0. The lowest BCUT2D eigenvalue weighted by atomic mass is 9.86. The highest BCUT2D eigenvalue weighted by molar-refractivity contribution is 5.99. The highest BCUT2D eigenvalue weighted by Gasteiger charge is 2.28. The number of aromatic nitrogens is 1. The van der Waals surface area contributed by atoms with E-state index in [1.165, 1.54) is 57.8 Å². The van der Waals surface area contributed by atoms with Crippen molar-refractivity contribution < 1.29 is 24.1 Å². The Labute approximate surface area is 258 Å². The van der Waals surface area contributed by atoms with Crippen LogP contribution in [0.3, 0.4) is 0 Å². The second-order valence-electron chi connectivity index (χ2n) is 11.8. The average molecular weight is 585 g/mol. The molecule has 1 heterocycles. The van der Waals surface area contributed by atoms with E-state index in [2.05, 4.69) is 6.92 Å². The SMILES string of the molecule is CCCCCCCCCCCCCC[C@@H](C(=O)O)[n+]1ccc(C(CC(=O)c2ccccc2)CC(=O)c2ccccc2)cc1. The van der Waals surface area contributed by atoms with Crippen molar-refractivity contribution in [1.82, 2.24) is 0 Å². The molecule has 0 spiro atoms. The van der Waals surface area contributed by atoms with E-state index < -0.39 is 12.0 Å². The van der Waals surface area contributed by atoms with E-state index in [-0.39, 0.29) is 30.3 Å². The molecule has 3 aromatic rings. The Bertz CT molecular complexity index is 1170. The van der Waals surface area contributed by atoms with Crippen LogP contribution in [0.5, 0.6) is 0 Å². The molecule has 0 saturated carbocycles. The molecule has 0 radical (unpaired) electrons. The minimum atomic E-state index is -0.837. The Morgan fingerprint density at radius 1 is 0.605 bits per heavy atom. The van der Waals surface area contributed by atoms with E-state index in [0.717, 1.165) is 24.8 Å². The number of Topliss-reactive ketones (excluding diaryl/α,β-unsaturated/α-hetero) is 2. The highest BCUT2D eigenvalue weighted by atomic mass is 16.4. The van der Waals surface area contributed by atoms with Crippen LogP contribution in [0.1, 0.15) is 141 Å². The van der Waals surface area contributed by atoms with Crippen molar-refractivity contribution in [3.05, 3.63) is 102 Å². The van der Waals surface area contributed by atoms with Gasteiger partial charge in [-0.1, -0.05) is 138 Å². The van der Waals surface area contributed by atoms with Crippen molar-refractivity contribution >= 4 is 17.5 Å². The molecule has 5 nitrogen and oxygen atoms in total. The van der Waals surface area contributed by atoms with Crippen molar-refractivity contribution in [2.75, 3.05) is 0 Å². The number of rotatable bonds is 22. The summed E-state index contributed by atoms with van der Waals surface area (Å²) in [6.07, 6.45) is 19.5. The summed E-state index contributed by atoms with van der Waals surface area (Å²) in [5, 5.41) is 9.96. The number of benzene rings is 2. The average Bonchev–Trinajstić information content (AvgIpc) is 3.03. The first-order valence-electron chi connectivity index (χ1n) is 16.4. The lowest BCUT2D eigenvalue weighted by molar-refractivity contribution is -0.711. The third kappa shape index (κ3) is 12.3. The Morgan fingerprint density at radius 3 is 1.44 bits per heavy atom. The summed E-state index contributed by atoms with van der Waals surface area (Å²) in [6, 6.07) is 21.4. The molecule has 0 aliphatic carbocycles. The first kappa shape index (κ1) is 33.9. The maximum atomic E-state index is 13.1. The Morgan fingerprint density at radius 2 is 1.02 bits per heavy atom. The largest absolute Gasteiger partial charge is 0.476 e. The molecule has 230 valence electrons. The van der Waals surface area contributed by atoms with Crippen molar-refractivity contribution in [3.63, 3.8) is 0 Å². The van der Waals surface area contributed by atoms with Crippen LogP contribution in [0.25, 0.3) is 0 Å². The molecule has 0 saturated heterocycles. The zero-order chi connectivity index (χ0) is 30.7. The fourth-order valence-electron chi connectivity index (χ4n) is 5.75. The van der Waals surface area contributed by atoms with Gasteiger partial charge in [-0.15, -0.1) is 0 Å². The van der Waals surface area contributed by atoms with Gasteiger partial charge in [-0.2, -0.15) is 4.57 Å². The van der Waals surface area contributed by atoms with Gasteiger partial charge in [0, 0.05) is 42.5 Å². The third-order valence-corrected chi connectivity index (χ3v) is 8.38. The molecular weight excluding hydrogens is 534 g/mol. The maximum Gasteiger partial charge on any atom is 0.373 e. The molecule has 0 aliphatic heterocycles. The summed E-state index contributed by atoms with van der Waals surface area (Å²) in [5.74, 6) is -1.18. The molecule has 5 heteroatoms.